The minimum Gasteiger partial charge on any atom is -0.383 e. The molecule has 19 heavy (non-hydrogen) atoms. The molecule has 0 spiro atoms. The zero-order valence-electron chi connectivity index (χ0n) is 11.9. The average molecular weight is 386 g/mol. The van der Waals surface area contributed by atoms with Crippen molar-refractivity contribution in [1.29, 1.82) is 0 Å². The summed E-state index contributed by atoms with van der Waals surface area (Å²) in [5.41, 5.74) is 5.63. The average Bonchev–Trinajstić information content (AvgIpc) is 2.36. The zero-order chi connectivity index (χ0) is 13.6. The number of hydrogen-bond donors (Lipinski definition) is 3. The Labute approximate surface area is 133 Å². The number of amides is 1. The number of nitrogens with two attached hydrogens (primary N) is 1. The molecule has 0 atom stereocenters. The highest BCUT2D eigenvalue weighted by molar-refractivity contribution is 14.0. The van der Waals surface area contributed by atoms with Gasteiger partial charge in [-0.1, -0.05) is 26.2 Å². The van der Waals surface area contributed by atoms with Crippen molar-refractivity contribution in [1.82, 2.24) is 10.6 Å². The molecule has 7 heteroatoms. The van der Waals surface area contributed by atoms with Crippen molar-refractivity contribution < 1.29 is 9.53 Å². The molecule has 6 nitrogen and oxygen atoms in total. The first kappa shape index (κ1) is 20.7. The van der Waals surface area contributed by atoms with Gasteiger partial charge in [0.1, 0.15) is 6.54 Å². The summed E-state index contributed by atoms with van der Waals surface area (Å²) in [5.74, 6) is 0.177. The first-order chi connectivity index (χ1) is 8.70. The van der Waals surface area contributed by atoms with Crippen molar-refractivity contribution in [3.05, 3.63) is 0 Å². The lowest BCUT2D eigenvalue weighted by molar-refractivity contribution is -0.119. The van der Waals surface area contributed by atoms with E-state index in [1.165, 1.54) is 19.3 Å². The van der Waals surface area contributed by atoms with E-state index in [2.05, 4.69) is 22.5 Å². The van der Waals surface area contributed by atoms with Gasteiger partial charge in [-0.25, -0.2) is 4.99 Å². The van der Waals surface area contributed by atoms with E-state index in [1.54, 1.807) is 7.11 Å². The highest BCUT2D eigenvalue weighted by Gasteiger charge is 1.99. The number of aliphatic imine (C=N–C) groups is 1. The van der Waals surface area contributed by atoms with Crippen LogP contribution in [0.1, 0.15) is 32.6 Å². The summed E-state index contributed by atoms with van der Waals surface area (Å²) in [6, 6.07) is 0. The van der Waals surface area contributed by atoms with E-state index in [-0.39, 0.29) is 36.4 Å². The number of carbonyl (C=O) groups excluding carboxylic acids is 1. The number of unbranched alkanes of at least 4 members (excludes halogenated alkanes) is 3. The summed E-state index contributed by atoms with van der Waals surface area (Å²) >= 11 is 0. The summed E-state index contributed by atoms with van der Waals surface area (Å²) in [7, 11) is 1.59. The smallest absolute Gasteiger partial charge is 0.241 e. The fourth-order valence-electron chi connectivity index (χ4n) is 1.33. The molecule has 0 unspecified atom stereocenters. The van der Waals surface area contributed by atoms with Gasteiger partial charge < -0.3 is 21.1 Å². The molecule has 0 aliphatic rings. The van der Waals surface area contributed by atoms with E-state index in [0.717, 1.165) is 13.0 Å². The van der Waals surface area contributed by atoms with Gasteiger partial charge in [0, 0.05) is 20.2 Å². The zero-order valence-corrected chi connectivity index (χ0v) is 14.2. The Hall–Kier alpha value is -0.570. The molecule has 114 valence electrons. The maximum Gasteiger partial charge on any atom is 0.241 e. The minimum atomic E-state index is -0.150. The number of halogens is 1. The van der Waals surface area contributed by atoms with Crippen LogP contribution in [-0.4, -0.2) is 45.2 Å². The number of nitrogens with one attached hydrogen (secondary N) is 2. The predicted octanol–water partition coefficient (Wildman–Crippen LogP) is 0.852. The number of ether oxygens (including phenoxy) is 1. The summed E-state index contributed by atoms with van der Waals surface area (Å²) < 4.78 is 4.82. The molecule has 0 rings (SSSR count). The highest BCUT2D eigenvalue weighted by atomic mass is 127. The van der Waals surface area contributed by atoms with Gasteiger partial charge in [-0.15, -0.1) is 24.0 Å². The number of hydrogen-bond acceptors (Lipinski definition) is 3. The van der Waals surface area contributed by atoms with Gasteiger partial charge in [0.2, 0.25) is 5.91 Å². The van der Waals surface area contributed by atoms with Crippen LogP contribution in [0, 0.1) is 0 Å². The molecule has 0 aromatic rings. The molecular weight excluding hydrogens is 359 g/mol. The van der Waals surface area contributed by atoms with Crippen LogP contribution in [0.5, 0.6) is 0 Å². The number of carbonyl (C=O) groups is 1. The second-order valence-electron chi connectivity index (χ2n) is 4.03. The van der Waals surface area contributed by atoms with Crippen LogP contribution in [0.4, 0.5) is 0 Å². The lowest BCUT2D eigenvalue weighted by atomic mass is 10.2. The van der Waals surface area contributed by atoms with Crippen LogP contribution < -0.4 is 16.4 Å². The fourth-order valence-corrected chi connectivity index (χ4v) is 1.33. The van der Waals surface area contributed by atoms with E-state index in [1.807, 2.05) is 0 Å². The molecule has 0 aliphatic heterocycles. The Morgan fingerprint density at radius 2 is 1.95 bits per heavy atom. The molecule has 0 radical (unpaired) electrons. The summed E-state index contributed by atoms with van der Waals surface area (Å²) in [5, 5.41) is 5.66. The topological polar surface area (TPSA) is 88.7 Å². The van der Waals surface area contributed by atoms with Gasteiger partial charge in [-0.05, 0) is 6.42 Å². The predicted molar refractivity (Wildman–Crippen MR) is 88.9 cm³/mol. The van der Waals surface area contributed by atoms with Gasteiger partial charge >= 0.3 is 0 Å². The van der Waals surface area contributed by atoms with Crippen molar-refractivity contribution in [3.63, 3.8) is 0 Å². The maximum atomic E-state index is 11.3. The second kappa shape index (κ2) is 15.5. The molecule has 0 aromatic heterocycles. The number of methoxy groups -OCH3 is 1. The third-order valence-electron chi connectivity index (χ3n) is 2.36. The van der Waals surface area contributed by atoms with E-state index in [0.29, 0.717) is 19.1 Å². The van der Waals surface area contributed by atoms with Gasteiger partial charge in [-0.2, -0.15) is 0 Å². The molecule has 0 saturated heterocycles. The standard InChI is InChI=1S/C12H26N4O2.HI/c1-3-4-5-6-7-15-12(13)16-10-11(17)14-8-9-18-2;/h3-10H2,1-2H3,(H,14,17)(H3,13,15,16);1H. The molecule has 4 N–H and O–H groups in total. The van der Waals surface area contributed by atoms with Crippen molar-refractivity contribution in [2.45, 2.75) is 32.6 Å². The lowest BCUT2D eigenvalue weighted by Gasteiger charge is -2.05. The van der Waals surface area contributed by atoms with E-state index in [9.17, 15) is 4.79 Å². The molecule has 0 fully saturated rings. The van der Waals surface area contributed by atoms with Crippen LogP contribution in [0.25, 0.3) is 0 Å². The van der Waals surface area contributed by atoms with Crippen molar-refractivity contribution in [2.75, 3.05) is 33.4 Å². The summed E-state index contributed by atoms with van der Waals surface area (Å²) in [4.78, 5) is 15.2. The van der Waals surface area contributed by atoms with Crippen molar-refractivity contribution >= 4 is 35.8 Å². The van der Waals surface area contributed by atoms with Gasteiger partial charge in [0.15, 0.2) is 5.96 Å². The maximum absolute atomic E-state index is 11.3. The lowest BCUT2D eigenvalue weighted by Crippen LogP contribution is -2.35. The molecular formula is C12H27IN4O2. The van der Waals surface area contributed by atoms with E-state index < -0.39 is 0 Å². The highest BCUT2D eigenvalue weighted by Crippen LogP contribution is 1.96. The van der Waals surface area contributed by atoms with E-state index in [4.69, 9.17) is 10.5 Å². The Bertz CT molecular complexity index is 250. The van der Waals surface area contributed by atoms with Gasteiger partial charge in [-0.3, -0.25) is 4.79 Å². The molecule has 0 heterocycles. The first-order valence-electron chi connectivity index (χ1n) is 6.50. The Kier molecular flexibility index (Phi) is 16.9. The number of guanidine groups is 1. The monoisotopic (exact) mass is 386 g/mol. The van der Waals surface area contributed by atoms with Crippen molar-refractivity contribution in [3.8, 4) is 0 Å². The number of rotatable bonds is 10. The summed E-state index contributed by atoms with van der Waals surface area (Å²) in [6.45, 7) is 4.03. The third-order valence-corrected chi connectivity index (χ3v) is 2.36. The van der Waals surface area contributed by atoms with E-state index >= 15 is 0 Å². The Morgan fingerprint density at radius 1 is 1.21 bits per heavy atom. The second-order valence-corrected chi connectivity index (χ2v) is 4.03. The van der Waals surface area contributed by atoms with Crippen molar-refractivity contribution in [2.24, 2.45) is 10.7 Å². The first-order valence-corrected chi connectivity index (χ1v) is 6.50. The fraction of sp³-hybridized carbons (Fsp3) is 0.833. The molecule has 0 bridgehead atoms. The third kappa shape index (κ3) is 15.4. The molecule has 0 aliphatic carbocycles. The molecule has 0 aromatic carbocycles. The largest absolute Gasteiger partial charge is 0.383 e. The van der Waals surface area contributed by atoms with Crippen LogP contribution in [0.2, 0.25) is 0 Å². The van der Waals surface area contributed by atoms with Gasteiger partial charge in [0.25, 0.3) is 0 Å². The quantitative estimate of drug-likeness (QED) is 0.225. The van der Waals surface area contributed by atoms with Gasteiger partial charge in [0.05, 0.1) is 6.61 Å². The van der Waals surface area contributed by atoms with Crippen LogP contribution in [0.3, 0.4) is 0 Å². The molecule has 1 amide bonds. The summed E-state index contributed by atoms with van der Waals surface area (Å²) in [6.07, 6.45) is 4.71. The van der Waals surface area contributed by atoms with Crippen LogP contribution >= 0.6 is 24.0 Å². The SMILES string of the molecule is CCCCCCNC(N)=NCC(=O)NCCOC.I. The number of nitrogens with zero attached hydrogens (tertiary/aromatic N) is 1. The molecule has 0 saturated carbocycles. The minimum absolute atomic E-state index is 0. The van der Waals surface area contributed by atoms with Crippen LogP contribution in [-0.2, 0) is 9.53 Å². The van der Waals surface area contributed by atoms with Crippen LogP contribution in [0.15, 0.2) is 4.99 Å². The Balaban J connectivity index is 0. The normalized spacial score (nSPS) is 10.7. The Morgan fingerprint density at radius 3 is 2.58 bits per heavy atom.